The zero-order chi connectivity index (χ0) is 8.97. The molecule has 0 unspecified atom stereocenters. The van der Waals surface area contributed by atoms with Gasteiger partial charge < -0.3 is 0 Å². The summed E-state index contributed by atoms with van der Waals surface area (Å²) in [6.45, 7) is 1.64. The number of hydrogen-bond acceptors (Lipinski definition) is 1. The molecule has 2 heteroatoms. The quantitative estimate of drug-likeness (QED) is 0.484. The zero-order valence-electron chi connectivity index (χ0n) is 6.75. The van der Waals surface area contributed by atoms with Crippen molar-refractivity contribution in [1.29, 1.82) is 0 Å². The first-order valence-corrected chi connectivity index (χ1v) is 3.62. The second kappa shape index (κ2) is 3.81. The van der Waals surface area contributed by atoms with Crippen LogP contribution in [0.1, 0.15) is 12.5 Å². The Hall–Kier alpha value is -1.44. The van der Waals surface area contributed by atoms with Crippen LogP contribution in [0, 0.1) is 5.82 Å². The molecular formula is C10H9FO. The van der Waals surface area contributed by atoms with Crippen molar-refractivity contribution in [3.05, 3.63) is 41.2 Å². The third-order valence-corrected chi connectivity index (χ3v) is 1.47. The fourth-order valence-corrected chi connectivity index (χ4v) is 0.871. The van der Waals surface area contributed by atoms with Crippen LogP contribution in [-0.4, -0.2) is 6.29 Å². The molecule has 0 bridgehead atoms. The minimum atomic E-state index is -0.307. The Kier molecular flexibility index (Phi) is 2.75. The molecular weight excluding hydrogens is 155 g/mol. The Morgan fingerprint density at radius 1 is 1.42 bits per heavy atom. The number of carbonyl (C=O) groups excluding carboxylic acids is 1. The Morgan fingerprint density at radius 2 is 2.08 bits per heavy atom. The number of aldehydes is 1. The summed E-state index contributed by atoms with van der Waals surface area (Å²) in [5, 5.41) is 0. The van der Waals surface area contributed by atoms with Crippen LogP contribution in [-0.2, 0) is 4.79 Å². The highest BCUT2D eigenvalue weighted by molar-refractivity contribution is 5.80. The SMILES string of the molecule is C/C(C=O)=C\c1ccccc1F. The van der Waals surface area contributed by atoms with E-state index in [0.29, 0.717) is 17.4 Å². The number of benzene rings is 1. The lowest BCUT2D eigenvalue weighted by atomic mass is 10.1. The first kappa shape index (κ1) is 8.65. The van der Waals surface area contributed by atoms with E-state index in [1.54, 1.807) is 25.1 Å². The third-order valence-electron chi connectivity index (χ3n) is 1.47. The van der Waals surface area contributed by atoms with Crippen LogP contribution < -0.4 is 0 Å². The monoisotopic (exact) mass is 164 g/mol. The molecule has 1 aromatic carbocycles. The highest BCUT2D eigenvalue weighted by atomic mass is 19.1. The van der Waals surface area contributed by atoms with Crippen molar-refractivity contribution < 1.29 is 9.18 Å². The molecule has 0 saturated heterocycles. The lowest BCUT2D eigenvalue weighted by molar-refractivity contribution is -0.104. The molecule has 0 heterocycles. The molecule has 0 aliphatic rings. The van der Waals surface area contributed by atoms with Gasteiger partial charge in [0.15, 0.2) is 0 Å². The van der Waals surface area contributed by atoms with Crippen LogP contribution in [0.3, 0.4) is 0 Å². The molecule has 12 heavy (non-hydrogen) atoms. The predicted octanol–water partition coefficient (Wildman–Crippen LogP) is 2.43. The van der Waals surface area contributed by atoms with Gasteiger partial charge in [0, 0.05) is 5.56 Å². The van der Waals surface area contributed by atoms with E-state index in [1.165, 1.54) is 12.1 Å². The van der Waals surface area contributed by atoms with Gasteiger partial charge in [0.2, 0.25) is 0 Å². The molecule has 0 amide bonds. The van der Waals surface area contributed by atoms with Crippen LogP contribution in [0.2, 0.25) is 0 Å². The second-order valence-electron chi connectivity index (χ2n) is 2.53. The van der Waals surface area contributed by atoms with Crippen LogP contribution in [0.5, 0.6) is 0 Å². The van der Waals surface area contributed by atoms with Crippen molar-refractivity contribution in [2.75, 3.05) is 0 Å². The number of hydrogen-bond donors (Lipinski definition) is 0. The topological polar surface area (TPSA) is 17.1 Å². The third kappa shape index (κ3) is 2.02. The summed E-state index contributed by atoms with van der Waals surface area (Å²) in [5.74, 6) is -0.307. The molecule has 0 N–H and O–H groups in total. The van der Waals surface area contributed by atoms with Crippen molar-refractivity contribution in [2.24, 2.45) is 0 Å². The van der Waals surface area contributed by atoms with E-state index >= 15 is 0 Å². The van der Waals surface area contributed by atoms with Crippen molar-refractivity contribution in [1.82, 2.24) is 0 Å². The van der Waals surface area contributed by atoms with E-state index < -0.39 is 0 Å². The van der Waals surface area contributed by atoms with E-state index in [-0.39, 0.29) is 5.82 Å². The largest absolute Gasteiger partial charge is 0.298 e. The van der Waals surface area contributed by atoms with Gasteiger partial charge in [0.1, 0.15) is 12.1 Å². The normalized spacial score (nSPS) is 11.3. The standard InChI is InChI=1S/C10H9FO/c1-8(7-12)6-9-4-2-3-5-10(9)11/h2-7H,1H3/b8-6+. The van der Waals surface area contributed by atoms with E-state index in [1.807, 2.05) is 0 Å². The smallest absolute Gasteiger partial charge is 0.145 e. The summed E-state index contributed by atoms with van der Waals surface area (Å²) in [6, 6.07) is 6.34. The molecule has 0 saturated carbocycles. The summed E-state index contributed by atoms with van der Waals surface area (Å²) in [7, 11) is 0. The minimum Gasteiger partial charge on any atom is -0.298 e. The van der Waals surface area contributed by atoms with E-state index in [2.05, 4.69) is 0 Å². The van der Waals surface area contributed by atoms with Gasteiger partial charge in [-0.15, -0.1) is 0 Å². The molecule has 0 atom stereocenters. The summed E-state index contributed by atoms with van der Waals surface area (Å²) in [4.78, 5) is 10.2. The van der Waals surface area contributed by atoms with Crippen molar-refractivity contribution in [3.8, 4) is 0 Å². The first-order chi connectivity index (χ1) is 5.74. The molecule has 0 radical (unpaired) electrons. The molecule has 1 rings (SSSR count). The maximum absolute atomic E-state index is 12.9. The lowest BCUT2D eigenvalue weighted by Crippen LogP contribution is -1.82. The average Bonchev–Trinajstić information content (AvgIpc) is 2.09. The molecule has 0 aliphatic carbocycles. The van der Waals surface area contributed by atoms with E-state index in [9.17, 15) is 9.18 Å². The number of allylic oxidation sites excluding steroid dienone is 1. The Bertz CT molecular complexity index is 315. The first-order valence-electron chi connectivity index (χ1n) is 3.62. The molecule has 1 aromatic rings. The Balaban J connectivity index is 3.04. The number of rotatable bonds is 2. The van der Waals surface area contributed by atoms with Gasteiger partial charge >= 0.3 is 0 Å². The summed E-state index contributed by atoms with van der Waals surface area (Å²) in [5.41, 5.74) is 0.960. The molecule has 0 spiro atoms. The molecule has 0 fully saturated rings. The van der Waals surface area contributed by atoms with Gasteiger partial charge in [0.05, 0.1) is 0 Å². The van der Waals surface area contributed by atoms with Gasteiger partial charge in [-0.25, -0.2) is 4.39 Å². The van der Waals surface area contributed by atoms with E-state index in [0.717, 1.165) is 0 Å². The molecule has 0 aliphatic heterocycles. The maximum Gasteiger partial charge on any atom is 0.145 e. The van der Waals surface area contributed by atoms with Crippen molar-refractivity contribution in [2.45, 2.75) is 6.92 Å². The molecule has 0 aromatic heterocycles. The Labute approximate surface area is 70.5 Å². The summed E-state index contributed by atoms with van der Waals surface area (Å²) >= 11 is 0. The molecule has 62 valence electrons. The highest BCUT2D eigenvalue weighted by Crippen LogP contribution is 2.09. The maximum atomic E-state index is 12.9. The lowest BCUT2D eigenvalue weighted by Gasteiger charge is -1.95. The fourth-order valence-electron chi connectivity index (χ4n) is 0.871. The van der Waals surface area contributed by atoms with Crippen LogP contribution in [0.25, 0.3) is 6.08 Å². The summed E-state index contributed by atoms with van der Waals surface area (Å²) < 4.78 is 12.9. The fraction of sp³-hybridized carbons (Fsp3) is 0.100. The van der Waals surface area contributed by atoms with Crippen molar-refractivity contribution >= 4 is 12.4 Å². The second-order valence-corrected chi connectivity index (χ2v) is 2.53. The highest BCUT2D eigenvalue weighted by Gasteiger charge is 1.96. The van der Waals surface area contributed by atoms with E-state index in [4.69, 9.17) is 0 Å². The van der Waals surface area contributed by atoms with Gasteiger partial charge in [0.25, 0.3) is 0 Å². The van der Waals surface area contributed by atoms with Crippen molar-refractivity contribution in [3.63, 3.8) is 0 Å². The van der Waals surface area contributed by atoms with Crippen LogP contribution in [0.4, 0.5) is 4.39 Å². The van der Waals surface area contributed by atoms with Gasteiger partial charge in [-0.05, 0) is 24.6 Å². The average molecular weight is 164 g/mol. The minimum absolute atomic E-state index is 0.307. The van der Waals surface area contributed by atoms with Gasteiger partial charge in [-0.1, -0.05) is 18.2 Å². The Morgan fingerprint density at radius 3 is 2.67 bits per heavy atom. The van der Waals surface area contributed by atoms with Crippen LogP contribution >= 0.6 is 0 Å². The van der Waals surface area contributed by atoms with Gasteiger partial charge in [-0.2, -0.15) is 0 Å². The van der Waals surface area contributed by atoms with Crippen LogP contribution in [0.15, 0.2) is 29.8 Å². The zero-order valence-corrected chi connectivity index (χ0v) is 6.75. The predicted molar refractivity (Wildman–Crippen MR) is 46.1 cm³/mol. The number of carbonyl (C=O) groups is 1. The summed E-state index contributed by atoms with van der Waals surface area (Å²) in [6.07, 6.45) is 2.22. The number of halogens is 1. The molecule has 1 nitrogen and oxygen atoms in total. The van der Waals surface area contributed by atoms with Gasteiger partial charge in [-0.3, -0.25) is 4.79 Å².